The zero-order valence-corrected chi connectivity index (χ0v) is 15.4. The fraction of sp³-hybridized carbons (Fsp3) is 0.333. The van der Waals surface area contributed by atoms with Gasteiger partial charge in [0.15, 0.2) is 0 Å². The molecular formula is C15H13N2NaO7. The molecule has 10 heteroatoms. The minimum atomic E-state index is -2.29. The molecule has 2 saturated heterocycles. The van der Waals surface area contributed by atoms with Gasteiger partial charge in [0.25, 0.3) is 17.5 Å². The van der Waals surface area contributed by atoms with Crippen molar-refractivity contribution in [3.05, 3.63) is 35.9 Å². The first-order valence-corrected chi connectivity index (χ1v) is 7.20. The fourth-order valence-electron chi connectivity index (χ4n) is 2.57. The summed E-state index contributed by atoms with van der Waals surface area (Å²) in [6.45, 7) is -0.274. The minimum Gasteiger partial charge on any atom is -0.544 e. The van der Waals surface area contributed by atoms with Crippen LogP contribution < -0.4 is 40.0 Å². The molecule has 0 radical (unpaired) electrons. The molecule has 2 amide bonds. The van der Waals surface area contributed by atoms with E-state index in [1.807, 2.05) is 0 Å². The van der Waals surface area contributed by atoms with E-state index in [4.69, 9.17) is 9.57 Å². The van der Waals surface area contributed by atoms with Crippen LogP contribution >= 0.6 is 0 Å². The third-order valence-electron chi connectivity index (χ3n) is 3.81. The predicted octanol–water partition coefficient (Wildman–Crippen LogP) is -4.65. The first kappa shape index (κ1) is 19.4. The molecule has 9 nitrogen and oxygen atoms in total. The Hall–Kier alpha value is -1.94. The summed E-state index contributed by atoms with van der Waals surface area (Å²) >= 11 is 0. The number of carbonyl (C=O) groups is 4. The Labute approximate surface area is 164 Å². The standard InChI is InChI=1S/C15H14N2O7.Na/c18-11-6-7-15(24-11,14(21)22)17-13(20)10(8-23-17)16-12(19)9-4-2-1-3-5-9;/h1-5,10H,6-8H2,(H,16,19)(H,21,22);/q;+1/p-1/t10-,15?;/m0./s1. The number of carbonyl (C=O) groups excluding carboxylic acids is 4. The number of nitrogens with zero attached hydrogens (tertiary/aromatic N) is 1. The number of esters is 1. The summed E-state index contributed by atoms with van der Waals surface area (Å²) in [6, 6.07) is 7.10. The van der Waals surface area contributed by atoms with Crippen molar-refractivity contribution in [3.8, 4) is 0 Å². The van der Waals surface area contributed by atoms with E-state index in [-0.39, 0.29) is 49.0 Å². The topological polar surface area (TPSA) is 125 Å². The molecule has 1 aromatic rings. The number of carboxylic acids is 1. The van der Waals surface area contributed by atoms with Gasteiger partial charge < -0.3 is 20.0 Å². The van der Waals surface area contributed by atoms with Crippen LogP contribution in [0.15, 0.2) is 30.3 Å². The summed E-state index contributed by atoms with van der Waals surface area (Å²) in [5, 5.41) is 14.3. The minimum absolute atomic E-state index is 0. The normalized spacial score (nSPS) is 25.3. The Morgan fingerprint density at radius 1 is 1.24 bits per heavy atom. The van der Waals surface area contributed by atoms with Gasteiger partial charge in [-0.15, -0.1) is 0 Å². The number of carboxylic acid groups (broad SMARTS) is 1. The van der Waals surface area contributed by atoms with Crippen LogP contribution in [0.1, 0.15) is 23.2 Å². The summed E-state index contributed by atoms with van der Waals surface area (Å²) in [6.07, 6.45) is -0.457. The Bertz CT molecular complexity index is 711. The van der Waals surface area contributed by atoms with Gasteiger partial charge in [0.05, 0.1) is 6.42 Å². The van der Waals surface area contributed by atoms with Gasteiger partial charge in [0.2, 0.25) is 0 Å². The SMILES string of the molecule is O=C1CCC(C(=O)[O-])(N2OC[C@H](NC(=O)c3ccccc3)C2=O)O1.[Na+]. The average Bonchev–Trinajstić information content (AvgIpc) is 3.13. The Balaban J connectivity index is 0.00000225. The molecule has 2 atom stereocenters. The van der Waals surface area contributed by atoms with E-state index in [1.54, 1.807) is 30.3 Å². The predicted molar refractivity (Wildman–Crippen MR) is 73.6 cm³/mol. The van der Waals surface area contributed by atoms with Crippen molar-refractivity contribution in [2.75, 3.05) is 6.61 Å². The molecular weight excluding hydrogens is 343 g/mol. The van der Waals surface area contributed by atoms with Gasteiger partial charge in [0, 0.05) is 12.0 Å². The van der Waals surface area contributed by atoms with Crippen molar-refractivity contribution in [2.45, 2.75) is 24.6 Å². The van der Waals surface area contributed by atoms with Crippen LogP contribution in [0, 0.1) is 0 Å². The quantitative estimate of drug-likeness (QED) is 0.425. The number of hydrogen-bond acceptors (Lipinski definition) is 7. The van der Waals surface area contributed by atoms with Crippen LogP contribution in [-0.4, -0.2) is 47.2 Å². The number of aliphatic carboxylic acids is 1. The molecule has 0 spiro atoms. The van der Waals surface area contributed by atoms with Gasteiger partial charge in [-0.05, 0) is 12.1 Å². The molecule has 2 aliphatic rings. The zero-order valence-electron chi connectivity index (χ0n) is 13.4. The number of hydrogen-bond donors (Lipinski definition) is 1. The van der Waals surface area contributed by atoms with E-state index in [0.717, 1.165) is 0 Å². The Morgan fingerprint density at radius 3 is 2.48 bits per heavy atom. The van der Waals surface area contributed by atoms with E-state index < -0.39 is 35.5 Å². The molecule has 2 heterocycles. The average molecular weight is 356 g/mol. The maximum Gasteiger partial charge on any atom is 1.00 e. The maximum atomic E-state index is 12.4. The van der Waals surface area contributed by atoms with Crippen LogP contribution in [-0.2, 0) is 24.0 Å². The third-order valence-corrected chi connectivity index (χ3v) is 3.81. The van der Waals surface area contributed by atoms with Crippen molar-refractivity contribution >= 4 is 23.8 Å². The molecule has 0 aromatic heterocycles. The van der Waals surface area contributed by atoms with Crippen molar-refractivity contribution in [2.24, 2.45) is 0 Å². The Morgan fingerprint density at radius 2 is 1.92 bits per heavy atom. The van der Waals surface area contributed by atoms with Crippen LogP contribution in [0.25, 0.3) is 0 Å². The second kappa shape index (κ2) is 7.52. The van der Waals surface area contributed by atoms with E-state index in [1.165, 1.54) is 0 Å². The van der Waals surface area contributed by atoms with Crippen molar-refractivity contribution < 1.29 is 63.4 Å². The van der Waals surface area contributed by atoms with Gasteiger partial charge in [-0.25, -0.2) is 0 Å². The van der Waals surface area contributed by atoms with E-state index in [9.17, 15) is 24.3 Å². The molecule has 1 unspecified atom stereocenters. The fourth-order valence-corrected chi connectivity index (χ4v) is 2.57. The second-order valence-corrected chi connectivity index (χ2v) is 5.37. The van der Waals surface area contributed by atoms with Crippen molar-refractivity contribution in [1.29, 1.82) is 0 Å². The third kappa shape index (κ3) is 3.54. The number of rotatable bonds is 4. The molecule has 1 aromatic carbocycles. The van der Waals surface area contributed by atoms with E-state index in [2.05, 4.69) is 5.32 Å². The molecule has 126 valence electrons. The van der Waals surface area contributed by atoms with Gasteiger partial charge >= 0.3 is 35.5 Å². The van der Waals surface area contributed by atoms with Gasteiger partial charge in [-0.1, -0.05) is 18.2 Å². The molecule has 2 fully saturated rings. The number of amides is 2. The number of hydroxylamine groups is 2. The monoisotopic (exact) mass is 356 g/mol. The van der Waals surface area contributed by atoms with Crippen LogP contribution in [0.3, 0.4) is 0 Å². The number of benzene rings is 1. The molecule has 3 rings (SSSR count). The molecule has 1 N–H and O–H groups in total. The van der Waals surface area contributed by atoms with Gasteiger partial charge in [0.1, 0.15) is 18.6 Å². The zero-order chi connectivity index (χ0) is 17.3. The van der Waals surface area contributed by atoms with Crippen molar-refractivity contribution in [3.63, 3.8) is 0 Å². The van der Waals surface area contributed by atoms with Crippen LogP contribution in [0.4, 0.5) is 0 Å². The molecule has 2 aliphatic heterocycles. The summed E-state index contributed by atoms with van der Waals surface area (Å²) in [7, 11) is 0. The molecule has 0 bridgehead atoms. The summed E-state index contributed by atoms with van der Waals surface area (Å²) in [5.41, 5.74) is -1.95. The van der Waals surface area contributed by atoms with Crippen molar-refractivity contribution in [1.82, 2.24) is 10.4 Å². The first-order chi connectivity index (χ1) is 11.4. The summed E-state index contributed by atoms with van der Waals surface area (Å²) in [5.74, 6) is -3.85. The molecule has 25 heavy (non-hydrogen) atoms. The summed E-state index contributed by atoms with van der Waals surface area (Å²) in [4.78, 5) is 52.2. The Kier molecular flexibility index (Phi) is 5.83. The van der Waals surface area contributed by atoms with Gasteiger partial charge in [-0.3, -0.25) is 19.2 Å². The smallest absolute Gasteiger partial charge is 0.544 e. The number of cyclic esters (lactones) is 1. The van der Waals surface area contributed by atoms with Crippen LogP contribution in [0.2, 0.25) is 0 Å². The number of ether oxygens (including phenoxy) is 1. The largest absolute Gasteiger partial charge is 1.00 e. The van der Waals surface area contributed by atoms with Crippen LogP contribution in [0.5, 0.6) is 0 Å². The van der Waals surface area contributed by atoms with E-state index >= 15 is 0 Å². The van der Waals surface area contributed by atoms with Gasteiger partial charge in [-0.2, -0.15) is 5.06 Å². The maximum absolute atomic E-state index is 12.4. The molecule has 0 aliphatic carbocycles. The molecule has 0 saturated carbocycles. The summed E-state index contributed by atoms with van der Waals surface area (Å²) < 4.78 is 4.77. The first-order valence-electron chi connectivity index (χ1n) is 7.20. The number of nitrogens with one attached hydrogen (secondary N) is 1. The second-order valence-electron chi connectivity index (χ2n) is 5.37. The van der Waals surface area contributed by atoms with E-state index in [0.29, 0.717) is 10.6 Å².